The van der Waals surface area contributed by atoms with Crippen molar-refractivity contribution in [2.45, 2.75) is 20.4 Å². The molecular formula is C21H18N4O2. The summed E-state index contributed by atoms with van der Waals surface area (Å²) in [6.07, 6.45) is 0. The molecule has 0 radical (unpaired) electrons. The van der Waals surface area contributed by atoms with Gasteiger partial charge in [0.25, 0.3) is 5.56 Å². The van der Waals surface area contributed by atoms with Gasteiger partial charge in [-0.2, -0.15) is 10.4 Å². The van der Waals surface area contributed by atoms with Crippen LogP contribution >= 0.6 is 0 Å². The van der Waals surface area contributed by atoms with Gasteiger partial charge in [-0.1, -0.05) is 48.0 Å². The summed E-state index contributed by atoms with van der Waals surface area (Å²) < 4.78 is 1.14. The van der Waals surface area contributed by atoms with Crippen molar-refractivity contribution in [1.29, 1.82) is 5.26 Å². The number of azo groups is 1. The zero-order valence-corrected chi connectivity index (χ0v) is 15.0. The van der Waals surface area contributed by atoms with Crippen molar-refractivity contribution in [2.75, 3.05) is 0 Å². The van der Waals surface area contributed by atoms with Crippen LogP contribution in [0.15, 0.2) is 69.6 Å². The van der Waals surface area contributed by atoms with E-state index in [0.717, 1.165) is 15.7 Å². The van der Waals surface area contributed by atoms with Crippen LogP contribution in [-0.4, -0.2) is 9.67 Å². The lowest BCUT2D eigenvalue weighted by molar-refractivity contribution is 0.415. The number of aromatic hydroxyl groups is 1. The number of aromatic nitrogens is 1. The van der Waals surface area contributed by atoms with Crippen LogP contribution in [0.25, 0.3) is 0 Å². The van der Waals surface area contributed by atoms with E-state index in [4.69, 9.17) is 0 Å². The first kappa shape index (κ1) is 18.1. The van der Waals surface area contributed by atoms with E-state index >= 15 is 0 Å². The first-order chi connectivity index (χ1) is 13.0. The Kier molecular flexibility index (Phi) is 5.13. The van der Waals surface area contributed by atoms with Gasteiger partial charge in [0.2, 0.25) is 5.88 Å². The lowest BCUT2D eigenvalue weighted by Crippen LogP contribution is -2.24. The molecule has 0 aliphatic heterocycles. The van der Waals surface area contributed by atoms with E-state index in [0.29, 0.717) is 11.3 Å². The molecule has 0 aliphatic carbocycles. The average molecular weight is 358 g/mol. The van der Waals surface area contributed by atoms with E-state index in [-0.39, 0.29) is 23.7 Å². The Labute approximate surface area is 156 Å². The molecule has 1 heterocycles. The first-order valence-corrected chi connectivity index (χ1v) is 8.40. The molecule has 0 saturated carbocycles. The van der Waals surface area contributed by atoms with Crippen molar-refractivity contribution >= 4 is 11.4 Å². The molecule has 3 rings (SSSR count). The number of hydrogen-bond donors (Lipinski definition) is 1. The Hall–Kier alpha value is -3.72. The maximum Gasteiger partial charge on any atom is 0.271 e. The molecule has 6 heteroatoms. The van der Waals surface area contributed by atoms with Crippen molar-refractivity contribution in [3.63, 3.8) is 0 Å². The van der Waals surface area contributed by atoms with Gasteiger partial charge in [-0.15, -0.1) is 5.11 Å². The molecule has 6 nitrogen and oxygen atoms in total. The van der Waals surface area contributed by atoms with Crippen molar-refractivity contribution < 1.29 is 5.11 Å². The second kappa shape index (κ2) is 7.67. The van der Waals surface area contributed by atoms with E-state index in [2.05, 4.69) is 10.2 Å². The van der Waals surface area contributed by atoms with E-state index in [1.807, 2.05) is 55.5 Å². The highest BCUT2D eigenvalue weighted by Crippen LogP contribution is 2.32. The Balaban J connectivity index is 2.10. The second-order valence-corrected chi connectivity index (χ2v) is 6.20. The smallest absolute Gasteiger partial charge is 0.271 e. The lowest BCUT2D eigenvalue weighted by atomic mass is 10.1. The molecule has 0 aliphatic rings. The quantitative estimate of drug-likeness (QED) is 0.696. The second-order valence-electron chi connectivity index (χ2n) is 6.20. The number of benzene rings is 2. The van der Waals surface area contributed by atoms with Gasteiger partial charge in [0.1, 0.15) is 11.6 Å². The predicted octanol–water partition coefficient (Wildman–Crippen LogP) is 4.51. The van der Waals surface area contributed by atoms with Crippen LogP contribution in [0.5, 0.6) is 5.88 Å². The summed E-state index contributed by atoms with van der Waals surface area (Å²) in [7, 11) is 0. The molecule has 0 spiro atoms. The maximum atomic E-state index is 12.6. The maximum absolute atomic E-state index is 12.6. The van der Waals surface area contributed by atoms with Gasteiger partial charge in [0, 0.05) is 5.56 Å². The SMILES string of the molecule is Cc1ccc(/N=N/c2c(C)c(C#N)c(=O)n(Cc3ccccc3)c2O)cc1. The summed E-state index contributed by atoms with van der Waals surface area (Å²) in [5.41, 5.74) is 2.34. The molecule has 1 aromatic heterocycles. The molecule has 134 valence electrons. The van der Waals surface area contributed by atoms with Crippen LogP contribution in [0.3, 0.4) is 0 Å². The van der Waals surface area contributed by atoms with E-state index < -0.39 is 5.56 Å². The van der Waals surface area contributed by atoms with Crippen molar-refractivity contribution in [3.8, 4) is 11.9 Å². The lowest BCUT2D eigenvalue weighted by Gasteiger charge is -2.13. The summed E-state index contributed by atoms with van der Waals surface area (Å²) in [5, 5.41) is 28.3. The van der Waals surface area contributed by atoms with Crippen LogP contribution in [0.2, 0.25) is 0 Å². The number of nitrogens with zero attached hydrogens (tertiary/aromatic N) is 4. The molecular weight excluding hydrogens is 340 g/mol. The van der Waals surface area contributed by atoms with E-state index in [9.17, 15) is 15.2 Å². The van der Waals surface area contributed by atoms with Crippen LogP contribution in [-0.2, 0) is 6.54 Å². The Morgan fingerprint density at radius 2 is 1.70 bits per heavy atom. The third-order valence-corrected chi connectivity index (χ3v) is 4.25. The molecule has 0 bridgehead atoms. The first-order valence-electron chi connectivity index (χ1n) is 8.40. The number of pyridine rings is 1. The zero-order chi connectivity index (χ0) is 19.4. The van der Waals surface area contributed by atoms with Gasteiger partial charge in [-0.05, 0) is 31.5 Å². The average Bonchev–Trinajstić information content (AvgIpc) is 2.68. The molecule has 27 heavy (non-hydrogen) atoms. The molecule has 2 aromatic carbocycles. The van der Waals surface area contributed by atoms with Gasteiger partial charge in [-0.3, -0.25) is 9.36 Å². The summed E-state index contributed by atoms with van der Waals surface area (Å²) >= 11 is 0. The normalized spacial score (nSPS) is 10.9. The Bertz CT molecular complexity index is 1090. The zero-order valence-electron chi connectivity index (χ0n) is 15.0. The Morgan fingerprint density at radius 3 is 2.33 bits per heavy atom. The van der Waals surface area contributed by atoms with Crippen LogP contribution < -0.4 is 5.56 Å². The minimum absolute atomic E-state index is 0.0541. The fourth-order valence-corrected chi connectivity index (χ4v) is 2.69. The van der Waals surface area contributed by atoms with Crippen molar-refractivity contribution in [3.05, 3.63) is 87.2 Å². The van der Waals surface area contributed by atoms with Gasteiger partial charge < -0.3 is 5.11 Å². The van der Waals surface area contributed by atoms with Gasteiger partial charge >= 0.3 is 0 Å². The van der Waals surface area contributed by atoms with Gasteiger partial charge in [0.15, 0.2) is 5.69 Å². The van der Waals surface area contributed by atoms with E-state index in [1.54, 1.807) is 19.1 Å². The Morgan fingerprint density at radius 1 is 1.04 bits per heavy atom. The third kappa shape index (κ3) is 3.77. The third-order valence-electron chi connectivity index (χ3n) is 4.25. The molecule has 3 aromatic rings. The largest absolute Gasteiger partial charge is 0.493 e. The van der Waals surface area contributed by atoms with E-state index in [1.165, 1.54) is 0 Å². The number of rotatable bonds is 4. The van der Waals surface area contributed by atoms with Crippen molar-refractivity contribution in [2.24, 2.45) is 10.2 Å². The molecule has 0 amide bonds. The number of hydrogen-bond acceptors (Lipinski definition) is 5. The minimum atomic E-state index is -0.550. The van der Waals surface area contributed by atoms with Crippen LogP contribution in [0.1, 0.15) is 22.3 Å². The number of aryl methyl sites for hydroxylation is 1. The summed E-state index contributed by atoms with van der Waals surface area (Å²) in [4.78, 5) is 12.6. The standard InChI is InChI=1S/C21H18N4O2/c1-14-8-10-17(11-9-14)23-24-19-15(2)18(12-22)20(26)25(21(19)27)13-16-6-4-3-5-7-16/h3-11,27H,13H2,1-2H3/b24-23+. The van der Waals surface area contributed by atoms with Crippen LogP contribution in [0, 0.1) is 25.2 Å². The summed E-state index contributed by atoms with van der Waals surface area (Å²) in [6.45, 7) is 3.68. The predicted molar refractivity (Wildman–Crippen MR) is 103 cm³/mol. The fraction of sp³-hybridized carbons (Fsp3) is 0.143. The number of nitriles is 1. The summed E-state index contributed by atoms with van der Waals surface area (Å²) in [6, 6.07) is 18.5. The topological polar surface area (TPSA) is 90.7 Å². The molecule has 1 N–H and O–H groups in total. The fourth-order valence-electron chi connectivity index (χ4n) is 2.69. The molecule has 0 saturated heterocycles. The minimum Gasteiger partial charge on any atom is -0.493 e. The molecule has 0 fully saturated rings. The van der Waals surface area contributed by atoms with Crippen LogP contribution in [0.4, 0.5) is 11.4 Å². The molecule has 0 atom stereocenters. The van der Waals surface area contributed by atoms with Gasteiger partial charge in [0.05, 0.1) is 12.2 Å². The highest BCUT2D eigenvalue weighted by molar-refractivity contribution is 5.59. The highest BCUT2D eigenvalue weighted by atomic mass is 16.3. The van der Waals surface area contributed by atoms with Crippen molar-refractivity contribution in [1.82, 2.24) is 4.57 Å². The van der Waals surface area contributed by atoms with Gasteiger partial charge in [-0.25, -0.2) is 0 Å². The molecule has 0 unspecified atom stereocenters. The summed E-state index contributed by atoms with van der Waals surface area (Å²) in [5.74, 6) is -0.309. The highest BCUT2D eigenvalue weighted by Gasteiger charge is 2.19. The monoisotopic (exact) mass is 358 g/mol.